The Hall–Kier alpha value is -0.230. The topological polar surface area (TPSA) is 27.7 Å². The van der Waals surface area contributed by atoms with Crippen LogP contribution in [0.15, 0.2) is 0 Å². The van der Waals surface area contributed by atoms with E-state index in [1.54, 1.807) is 7.11 Å². The van der Waals surface area contributed by atoms with Crippen molar-refractivity contribution in [2.75, 3.05) is 66.1 Å². The molecule has 0 atom stereocenters. The van der Waals surface area contributed by atoms with Crippen molar-refractivity contribution in [3.05, 3.63) is 0 Å². The monoisotopic (exact) mass is 357 g/mol. The maximum Gasteiger partial charge on any atom is 0.126 e. The van der Waals surface area contributed by atoms with Crippen LogP contribution in [0.5, 0.6) is 0 Å². The second kappa shape index (κ2) is 10.2. The second-order valence-corrected chi connectivity index (χ2v) is 8.01. The minimum Gasteiger partial charge on any atom is -0.383 e. The van der Waals surface area contributed by atoms with Crippen molar-refractivity contribution in [1.82, 2.24) is 15.1 Å². The number of alkyl halides is 1. The Morgan fingerprint density at radius 2 is 1.40 bits per heavy atom. The summed E-state index contributed by atoms with van der Waals surface area (Å²) >= 11 is 0. The van der Waals surface area contributed by atoms with E-state index in [0.29, 0.717) is 24.8 Å². The molecule has 3 aliphatic heterocycles. The number of methoxy groups -OCH3 is 1. The van der Waals surface area contributed by atoms with Gasteiger partial charge in [-0.25, -0.2) is 4.39 Å². The van der Waals surface area contributed by atoms with Crippen LogP contribution in [0.1, 0.15) is 52.4 Å². The summed E-state index contributed by atoms with van der Waals surface area (Å²) in [4.78, 5) is 4.93. The van der Waals surface area contributed by atoms with Crippen LogP contribution in [-0.2, 0) is 4.74 Å². The molecule has 3 heterocycles. The molecule has 0 aliphatic carbocycles. The van der Waals surface area contributed by atoms with E-state index in [1.165, 1.54) is 38.8 Å². The lowest BCUT2D eigenvalue weighted by Crippen LogP contribution is -2.52. The second-order valence-electron chi connectivity index (χ2n) is 8.01. The van der Waals surface area contributed by atoms with Gasteiger partial charge in [0.25, 0.3) is 0 Å². The molecule has 5 heteroatoms. The molecule has 0 radical (unpaired) electrons. The van der Waals surface area contributed by atoms with Crippen LogP contribution >= 0.6 is 0 Å². The van der Waals surface area contributed by atoms with E-state index in [2.05, 4.69) is 15.1 Å². The predicted octanol–water partition coefficient (Wildman–Crippen LogP) is 2.93. The summed E-state index contributed by atoms with van der Waals surface area (Å²) in [7, 11) is 1.78. The van der Waals surface area contributed by atoms with Gasteiger partial charge in [-0.3, -0.25) is 0 Å². The van der Waals surface area contributed by atoms with Gasteiger partial charge >= 0.3 is 0 Å². The van der Waals surface area contributed by atoms with Crippen LogP contribution in [0, 0.1) is 5.41 Å². The van der Waals surface area contributed by atoms with Crippen LogP contribution in [-0.4, -0.2) is 81.5 Å². The third-order valence-corrected chi connectivity index (χ3v) is 6.45. The zero-order chi connectivity index (χ0) is 18.2. The van der Waals surface area contributed by atoms with Crippen molar-refractivity contribution in [3.63, 3.8) is 0 Å². The average molecular weight is 358 g/mol. The maximum atomic E-state index is 14.9. The first kappa shape index (κ1) is 21.1. The Kier molecular flexibility index (Phi) is 8.59. The van der Waals surface area contributed by atoms with E-state index in [9.17, 15) is 4.39 Å². The van der Waals surface area contributed by atoms with Gasteiger partial charge in [0, 0.05) is 20.2 Å². The first-order chi connectivity index (χ1) is 12.1. The van der Waals surface area contributed by atoms with E-state index < -0.39 is 5.67 Å². The fourth-order valence-corrected chi connectivity index (χ4v) is 4.59. The number of hydrogen-bond acceptors (Lipinski definition) is 4. The van der Waals surface area contributed by atoms with Crippen LogP contribution in [0.2, 0.25) is 0 Å². The highest BCUT2D eigenvalue weighted by Gasteiger charge is 2.40. The molecule has 4 nitrogen and oxygen atoms in total. The minimum absolute atomic E-state index is 0.539. The number of piperidine rings is 3. The number of halogens is 1. The molecular formula is C20H40FN3O. The molecule has 1 N–H and O–H groups in total. The van der Waals surface area contributed by atoms with Gasteiger partial charge in [0.2, 0.25) is 0 Å². The van der Waals surface area contributed by atoms with Crippen molar-refractivity contribution in [3.8, 4) is 0 Å². The molecule has 3 aliphatic rings. The van der Waals surface area contributed by atoms with E-state index in [-0.39, 0.29) is 0 Å². The number of likely N-dealkylation sites (tertiary alicyclic amines) is 2. The molecule has 0 aromatic carbocycles. The first-order valence-corrected chi connectivity index (χ1v) is 10.5. The zero-order valence-electron chi connectivity index (χ0n) is 16.8. The van der Waals surface area contributed by atoms with E-state index in [1.807, 2.05) is 13.8 Å². The Balaban J connectivity index is 0.00000109. The Labute approximate surface area is 154 Å². The number of rotatable bonds is 5. The molecule has 3 saturated heterocycles. The molecule has 0 aromatic heterocycles. The summed E-state index contributed by atoms with van der Waals surface area (Å²) in [5.41, 5.74) is -0.406. The minimum atomic E-state index is -0.945. The van der Waals surface area contributed by atoms with Gasteiger partial charge in [0.05, 0.1) is 6.61 Å². The highest BCUT2D eigenvalue weighted by Crippen LogP contribution is 2.41. The SMILES string of the molecule is CC.COCCN1CCC2(CC1)CCN(CC1(F)CCNCC1)CC2. The third kappa shape index (κ3) is 6.16. The quantitative estimate of drug-likeness (QED) is 0.819. The van der Waals surface area contributed by atoms with Crippen molar-refractivity contribution in [2.24, 2.45) is 5.41 Å². The number of nitrogens with zero attached hydrogens (tertiary/aromatic N) is 2. The summed E-state index contributed by atoms with van der Waals surface area (Å²) in [6.07, 6.45) is 6.52. The van der Waals surface area contributed by atoms with Crippen molar-refractivity contribution < 1.29 is 9.13 Å². The lowest BCUT2D eigenvalue weighted by molar-refractivity contribution is -0.00132. The maximum absolute atomic E-state index is 14.9. The average Bonchev–Trinajstić information content (AvgIpc) is 2.66. The van der Waals surface area contributed by atoms with Gasteiger partial charge < -0.3 is 19.9 Å². The molecule has 0 unspecified atom stereocenters. The Morgan fingerprint density at radius 3 is 1.92 bits per heavy atom. The van der Waals surface area contributed by atoms with Crippen molar-refractivity contribution in [1.29, 1.82) is 0 Å². The molecule has 0 amide bonds. The Bertz CT molecular complexity index is 356. The van der Waals surface area contributed by atoms with Crippen molar-refractivity contribution in [2.45, 2.75) is 58.0 Å². The van der Waals surface area contributed by atoms with Crippen molar-refractivity contribution >= 4 is 0 Å². The number of ether oxygens (including phenoxy) is 1. The lowest BCUT2D eigenvalue weighted by atomic mass is 9.71. The van der Waals surface area contributed by atoms with Crippen LogP contribution < -0.4 is 5.32 Å². The predicted molar refractivity (Wildman–Crippen MR) is 103 cm³/mol. The molecule has 0 saturated carbocycles. The smallest absolute Gasteiger partial charge is 0.126 e. The van der Waals surface area contributed by atoms with Crippen LogP contribution in [0.3, 0.4) is 0 Å². The summed E-state index contributed by atoms with van der Waals surface area (Å²) in [6.45, 7) is 12.9. The van der Waals surface area contributed by atoms with Gasteiger partial charge in [0.1, 0.15) is 5.67 Å². The fourth-order valence-electron chi connectivity index (χ4n) is 4.59. The van der Waals surface area contributed by atoms with Gasteiger partial charge in [-0.2, -0.15) is 0 Å². The van der Waals surface area contributed by atoms with E-state index in [0.717, 1.165) is 39.3 Å². The highest BCUT2D eigenvalue weighted by atomic mass is 19.1. The normalized spacial score (nSPS) is 26.9. The molecule has 0 bridgehead atoms. The first-order valence-electron chi connectivity index (χ1n) is 10.5. The molecule has 3 fully saturated rings. The van der Waals surface area contributed by atoms with Crippen LogP contribution in [0.25, 0.3) is 0 Å². The largest absolute Gasteiger partial charge is 0.383 e. The molecule has 3 rings (SSSR count). The van der Waals surface area contributed by atoms with E-state index >= 15 is 0 Å². The summed E-state index contributed by atoms with van der Waals surface area (Å²) < 4.78 is 20.0. The zero-order valence-corrected chi connectivity index (χ0v) is 16.8. The lowest BCUT2D eigenvalue weighted by Gasteiger charge is -2.48. The fraction of sp³-hybridized carbons (Fsp3) is 1.00. The Morgan fingerprint density at radius 1 is 0.880 bits per heavy atom. The van der Waals surface area contributed by atoms with Gasteiger partial charge in [-0.1, -0.05) is 13.8 Å². The summed E-state index contributed by atoms with van der Waals surface area (Å²) in [5.74, 6) is 0. The number of hydrogen-bond donors (Lipinski definition) is 1. The standard InChI is InChI=1S/C18H34FN3O.C2H6/c1-23-15-14-21-10-4-17(5-11-21)6-12-22(13-7-17)16-18(19)2-8-20-9-3-18;1-2/h20H,2-16H2,1H3;1-2H3. The van der Waals surface area contributed by atoms with Gasteiger partial charge in [0.15, 0.2) is 0 Å². The molecule has 0 aromatic rings. The molecule has 148 valence electrons. The van der Waals surface area contributed by atoms with Gasteiger partial charge in [-0.05, 0) is 83.2 Å². The van der Waals surface area contributed by atoms with Gasteiger partial charge in [-0.15, -0.1) is 0 Å². The molecule has 1 spiro atoms. The summed E-state index contributed by atoms with van der Waals surface area (Å²) in [5, 5.41) is 3.27. The third-order valence-electron chi connectivity index (χ3n) is 6.45. The summed E-state index contributed by atoms with van der Waals surface area (Å²) in [6, 6.07) is 0. The molecular weight excluding hydrogens is 317 g/mol. The number of nitrogens with one attached hydrogen (secondary N) is 1. The van der Waals surface area contributed by atoms with E-state index in [4.69, 9.17) is 4.74 Å². The molecule has 25 heavy (non-hydrogen) atoms. The highest BCUT2D eigenvalue weighted by molar-refractivity contribution is 4.94. The van der Waals surface area contributed by atoms with Crippen LogP contribution in [0.4, 0.5) is 4.39 Å².